The van der Waals surface area contributed by atoms with Gasteiger partial charge in [-0.25, -0.2) is 9.37 Å². The number of nitrogen functional groups attached to an aromatic ring is 1. The first-order valence-electron chi connectivity index (χ1n) is 7.46. The van der Waals surface area contributed by atoms with Crippen molar-refractivity contribution < 1.29 is 9.13 Å². The number of hydrogen-bond donors (Lipinski definition) is 2. The molecule has 0 saturated heterocycles. The minimum atomic E-state index is -0.250. The molecule has 1 saturated carbocycles. The molecule has 22 heavy (non-hydrogen) atoms. The Bertz CT molecular complexity index is 656. The molecule has 6 heteroatoms. The van der Waals surface area contributed by atoms with Crippen molar-refractivity contribution in [2.75, 3.05) is 17.7 Å². The Morgan fingerprint density at radius 1 is 1.27 bits per heavy atom. The summed E-state index contributed by atoms with van der Waals surface area (Å²) in [4.78, 5) is 8.91. The third kappa shape index (κ3) is 3.27. The van der Waals surface area contributed by atoms with E-state index in [0.29, 0.717) is 36.5 Å². The highest BCUT2D eigenvalue weighted by molar-refractivity contribution is 5.67. The van der Waals surface area contributed by atoms with Gasteiger partial charge in [-0.3, -0.25) is 0 Å². The van der Waals surface area contributed by atoms with Crippen LogP contribution >= 0.6 is 0 Å². The quantitative estimate of drug-likeness (QED) is 0.858. The molecule has 1 heterocycles. The van der Waals surface area contributed by atoms with Crippen LogP contribution in [0.15, 0.2) is 24.3 Å². The van der Waals surface area contributed by atoms with Gasteiger partial charge in [0.15, 0.2) is 5.82 Å². The number of nitrogens with zero attached hydrogens (tertiary/aromatic N) is 2. The average Bonchev–Trinajstić information content (AvgIpc) is 3.35. The van der Waals surface area contributed by atoms with Crippen LogP contribution in [0.3, 0.4) is 0 Å². The van der Waals surface area contributed by atoms with Gasteiger partial charge in [-0.05, 0) is 37.5 Å². The minimum absolute atomic E-state index is 0.250. The SMILES string of the molecule is CCOc1nc(C2CC2)nc(NCc2ccc(F)cc2)c1N. The van der Waals surface area contributed by atoms with E-state index in [1.807, 2.05) is 6.92 Å². The van der Waals surface area contributed by atoms with Gasteiger partial charge in [0.1, 0.15) is 17.3 Å². The highest BCUT2D eigenvalue weighted by Gasteiger charge is 2.28. The number of rotatable bonds is 6. The zero-order chi connectivity index (χ0) is 15.5. The molecule has 1 aromatic carbocycles. The topological polar surface area (TPSA) is 73.1 Å². The van der Waals surface area contributed by atoms with Crippen LogP contribution in [-0.2, 0) is 6.54 Å². The Kier molecular flexibility index (Phi) is 4.09. The molecule has 116 valence electrons. The third-order valence-corrected chi connectivity index (χ3v) is 3.52. The first-order chi connectivity index (χ1) is 10.7. The maximum Gasteiger partial charge on any atom is 0.242 e. The molecule has 1 fully saturated rings. The maximum atomic E-state index is 12.9. The van der Waals surface area contributed by atoms with E-state index in [4.69, 9.17) is 10.5 Å². The zero-order valence-electron chi connectivity index (χ0n) is 12.5. The highest BCUT2D eigenvalue weighted by atomic mass is 19.1. The molecular weight excluding hydrogens is 283 g/mol. The molecule has 5 nitrogen and oxygen atoms in total. The van der Waals surface area contributed by atoms with Crippen molar-refractivity contribution in [1.29, 1.82) is 0 Å². The monoisotopic (exact) mass is 302 g/mol. The molecule has 0 radical (unpaired) electrons. The molecule has 0 unspecified atom stereocenters. The van der Waals surface area contributed by atoms with Crippen molar-refractivity contribution in [2.24, 2.45) is 0 Å². The second-order valence-corrected chi connectivity index (χ2v) is 5.34. The molecule has 3 N–H and O–H groups in total. The fourth-order valence-corrected chi connectivity index (χ4v) is 2.16. The molecule has 1 aliphatic carbocycles. The van der Waals surface area contributed by atoms with Gasteiger partial charge in [0.05, 0.1) is 6.61 Å². The van der Waals surface area contributed by atoms with Gasteiger partial charge < -0.3 is 15.8 Å². The summed E-state index contributed by atoms with van der Waals surface area (Å²) in [5, 5.41) is 3.19. The normalized spacial score (nSPS) is 13.9. The predicted octanol–water partition coefficient (Wildman–Crippen LogP) is 3.09. The van der Waals surface area contributed by atoms with Crippen LogP contribution in [0.2, 0.25) is 0 Å². The van der Waals surface area contributed by atoms with Gasteiger partial charge in [-0.2, -0.15) is 4.98 Å². The van der Waals surface area contributed by atoms with E-state index in [1.54, 1.807) is 12.1 Å². The van der Waals surface area contributed by atoms with Gasteiger partial charge in [0.25, 0.3) is 0 Å². The van der Waals surface area contributed by atoms with Crippen molar-refractivity contribution in [3.63, 3.8) is 0 Å². The Morgan fingerprint density at radius 3 is 2.64 bits per heavy atom. The van der Waals surface area contributed by atoms with Crippen molar-refractivity contribution in [3.05, 3.63) is 41.5 Å². The van der Waals surface area contributed by atoms with Crippen LogP contribution in [0, 0.1) is 5.82 Å². The Morgan fingerprint density at radius 2 is 2.00 bits per heavy atom. The van der Waals surface area contributed by atoms with Crippen LogP contribution in [0.5, 0.6) is 5.88 Å². The first-order valence-corrected chi connectivity index (χ1v) is 7.46. The second kappa shape index (κ2) is 6.17. The zero-order valence-corrected chi connectivity index (χ0v) is 12.5. The summed E-state index contributed by atoms with van der Waals surface area (Å²) in [5.74, 6) is 1.94. The molecule has 0 bridgehead atoms. The van der Waals surface area contributed by atoms with Gasteiger partial charge >= 0.3 is 0 Å². The molecule has 3 rings (SSSR count). The van der Waals surface area contributed by atoms with Crippen LogP contribution in [0.1, 0.15) is 37.1 Å². The Hall–Kier alpha value is -2.37. The van der Waals surface area contributed by atoms with Gasteiger partial charge in [0.2, 0.25) is 5.88 Å². The van der Waals surface area contributed by atoms with E-state index in [9.17, 15) is 4.39 Å². The standard InChI is InChI=1S/C16H19FN4O/c1-2-22-16-13(18)15(20-14(21-16)11-5-6-11)19-9-10-3-7-12(17)8-4-10/h3-4,7-8,11H,2,5-6,9,18H2,1H3,(H,19,20,21). The predicted molar refractivity (Wildman–Crippen MR) is 83.3 cm³/mol. The molecule has 0 aliphatic heterocycles. The molecule has 1 aromatic heterocycles. The average molecular weight is 302 g/mol. The first kappa shape index (κ1) is 14.6. The fourth-order valence-electron chi connectivity index (χ4n) is 2.16. The summed E-state index contributed by atoms with van der Waals surface area (Å²) in [6, 6.07) is 6.32. The summed E-state index contributed by atoms with van der Waals surface area (Å²) >= 11 is 0. The summed E-state index contributed by atoms with van der Waals surface area (Å²) in [5.41, 5.74) is 7.43. The fraction of sp³-hybridized carbons (Fsp3) is 0.375. The lowest BCUT2D eigenvalue weighted by Gasteiger charge is -2.13. The maximum absolute atomic E-state index is 12.9. The molecule has 0 atom stereocenters. The number of halogens is 1. The van der Waals surface area contributed by atoms with Crippen molar-refractivity contribution in [1.82, 2.24) is 9.97 Å². The highest BCUT2D eigenvalue weighted by Crippen LogP contribution is 2.40. The van der Waals surface area contributed by atoms with E-state index in [2.05, 4.69) is 15.3 Å². The molecule has 0 amide bonds. The minimum Gasteiger partial charge on any atom is -0.476 e. The van der Waals surface area contributed by atoms with Crippen molar-refractivity contribution in [3.8, 4) is 5.88 Å². The summed E-state index contributed by atoms with van der Waals surface area (Å²) < 4.78 is 18.4. The number of benzene rings is 1. The Labute approximate surface area is 128 Å². The van der Waals surface area contributed by atoms with Gasteiger partial charge in [-0.15, -0.1) is 0 Å². The molecular formula is C16H19FN4O. The number of aromatic nitrogens is 2. The van der Waals surface area contributed by atoms with E-state index in [-0.39, 0.29) is 5.82 Å². The second-order valence-electron chi connectivity index (χ2n) is 5.34. The largest absolute Gasteiger partial charge is 0.476 e. The third-order valence-electron chi connectivity index (χ3n) is 3.52. The lowest BCUT2D eigenvalue weighted by molar-refractivity contribution is 0.327. The number of hydrogen-bond acceptors (Lipinski definition) is 5. The van der Waals surface area contributed by atoms with Crippen molar-refractivity contribution >= 4 is 11.5 Å². The summed E-state index contributed by atoms with van der Waals surface area (Å²) in [6.07, 6.45) is 2.21. The van der Waals surface area contributed by atoms with Crippen LogP contribution in [0.25, 0.3) is 0 Å². The van der Waals surface area contributed by atoms with E-state index >= 15 is 0 Å². The molecule has 0 spiro atoms. The van der Waals surface area contributed by atoms with E-state index < -0.39 is 0 Å². The summed E-state index contributed by atoms with van der Waals surface area (Å²) in [6.45, 7) is 2.91. The Balaban J connectivity index is 1.80. The number of nitrogens with one attached hydrogen (secondary N) is 1. The van der Waals surface area contributed by atoms with E-state index in [1.165, 1.54) is 12.1 Å². The van der Waals surface area contributed by atoms with Crippen LogP contribution in [0.4, 0.5) is 15.9 Å². The number of ether oxygens (including phenoxy) is 1. The smallest absolute Gasteiger partial charge is 0.242 e. The number of nitrogens with two attached hydrogens (primary N) is 1. The summed E-state index contributed by atoms with van der Waals surface area (Å²) in [7, 11) is 0. The lowest BCUT2D eigenvalue weighted by Crippen LogP contribution is -2.10. The molecule has 1 aliphatic rings. The van der Waals surface area contributed by atoms with Gasteiger partial charge in [0, 0.05) is 12.5 Å². The lowest BCUT2D eigenvalue weighted by atomic mass is 10.2. The van der Waals surface area contributed by atoms with E-state index in [0.717, 1.165) is 24.2 Å². The van der Waals surface area contributed by atoms with Crippen molar-refractivity contribution in [2.45, 2.75) is 32.2 Å². The van der Waals surface area contributed by atoms with Gasteiger partial charge in [-0.1, -0.05) is 12.1 Å². The van der Waals surface area contributed by atoms with Crippen LogP contribution in [-0.4, -0.2) is 16.6 Å². The molecule has 2 aromatic rings. The number of anilines is 2. The van der Waals surface area contributed by atoms with Crippen LogP contribution < -0.4 is 15.8 Å².